The number of nitrogens with one attached hydrogen (secondary N) is 1. The van der Waals surface area contributed by atoms with Crippen LogP contribution in [-0.2, 0) is 14.3 Å². The van der Waals surface area contributed by atoms with Gasteiger partial charge in [0.15, 0.2) is 0 Å². The van der Waals surface area contributed by atoms with Gasteiger partial charge in [0.05, 0.1) is 25.9 Å². The van der Waals surface area contributed by atoms with Gasteiger partial charge < -0.3 is 14.4 Å². The fraction of sp³-hybridized carbons (Fsp3) is 0.917. The second-order valence-electron chi connectivity index (χ2n) is 4.93. The summed E-state index contributed by atoms with van der Waals surface area (Å²) in [6.45, 7) is 4.68. The highest BCUT2D eigenvalue weighted by Gasteiger charge is 2.41. The third-order valence-electron chi connectivity index (χ3n) is 3.69. The molecule has 0 aromatic rings. The fourth-order valence-electron chi connectivity index (χ4n) is 2.54. The Morgan fingerprint density at radius 2 is 2.47 bits per heavy atom. The van der Waals surface area contributed by atoms with E-state index in [2.05, 4.69) is 12.2 Å². The SMILES string of the molecule is CCCC1NCN(CC2(OC)CCOC2)C1=O. The van der Waals surface area contributed by atoms with Crippen LogP contribution in [0, 0.1) is 0 Å². The van der Waals surface area contributed by atoms with E-state index in [9.17, 15) is 4.79 Å². The molecule has 0 aromatic heterocycles. The van der Waals surface area contributed by atoms with E-state index in [0.29, 0.717) is 19.8 Å². The monoisotopic (exact) mass is 242 g/mol. The Bertz CT molecular complexity index is 277. The van der Waals surface area contributed by atoms with Crippen LogP contribution >= 0.6 is 0 Å². The van der Waals surface area contributed by atoms with Gasteiger partial charge in [-0.3, -0.25) is 10.1 Å². The number of hydrogen-bond donors (Lipinski definition) is 1. The lowest BCUT2D eigenvalue weighted by Gasteiger charge is -2.30. The van der Waals surface area contributed by atoms with Crippen LogP contribution in [0.2, 0.25) is 0 Å². The van der Waals surface area contributed by atoms with E-state index in [0.717, 1.165) is 25.9 Å². The Balaban J connectivity index is 1.93. The summed E-state index contributed by atoms with van der Waals surface area (Å²) in [5, 5.41) is 3.25. The topological polar surface area (TPSA) is 50.8 Å². The first kappa shape index (κ1) is 12.8. The number of ether oxygens (including phenoxy) is 2. The predicted molar refractivity (Wildman–Crippen MR) is 63.6 cm³/mol. The number of rotatable bonds is 5. The first-order valence-corrected chi connectivity index (χ1v) is 6.36. The van der Waals surface area contributed by atoms with E-state index in [4.69, 9.17) is 9.47 Å². The molecule has 5 heteroatoms. The molecule has 0 bridgehead atoms. The van der Waals surface area contributed by atoms with Gasteiger partial charge in [0.25, 0.3) is 0 Å². The lowest BCUT2D eigenvalue weighted by Crippen LogP contribution is -2.46. The van der Waals surface area contributed by atoms with Crippen molar-refractivity contribution in [2.24, 2.45) is 0 Å². The molecule has 2 heterocycles. The molecule has 98 valence electrons. The van der Waals surface area contributed by atoms with Crippen molar-refractivity contribution in [2.45, 2.75) is 37.8 Å². The Morgan fingerprint density at radius 1 is 1.65 bits per heavy atom. The average Bonchev–Trinajstić information content (AvgIpc) is 2.92. The molecule has 0 aliphatic carbocycles. The van der Waals surface area contributed by atoms with Crippen molar-refractivity contribution < 1.29 is 14.3 Å². The van der Waals surface area contributed by atoms with Crippen LogP contribution in [0.5, 0.6) is 0 Å². The predicted octanol–water partition coefficient (Wildman–Crippen LogP) is 0.350. The maximum absolute atomic E-state index is 12.1. The minimum atomic E-state index is -0.293. The molecule has 1 amide bonds. The number of nitrogens with zero attached hydrogens (tertiary/aromatic N) is 1. The lowest BCUT2D eigenvalue weighted by atomic mass is 10.0. The van der Waals surface area contributed by atoms with Crippen LogP contribution < -0.4 is 5.32 Å². The van der Waals surface area contributed by atoms with E-state index in [1.165, 1.54) is 0 Å². The first-order chi connectivity index (χ1) is 8.21. The van der Waals surface area contributed by atoms with Crippen molar-refractivity contribution in [3.8, 4) is 0 Å². The summed E-state index contributed by atoms with van der Waals surface area (Å²) in [5.41, 5.74) is -0.293. The van der Waals surface area contributed by atoms with E-state index in [1.54, 1.807) is 7.11 Å². The smallest absolute Gasteiger partial charge is 0.240 e. The van der Waals surface area contributed by atoms with Crippen LogP contribution in [0.4, 0.5) is 0 Å². The molecule has 2 fully saturated rings. The zero-order chi connectivity index (χ0) is 12.3. The van der Waals surface area contributed by atoms with Gasteiger partial charge in [-0.2, -0.15) is 0 Å². The third kappa shape index (κ3) is 2.61. The van der Waals surface area contributed by atoms with Gasteiger partial charge in [-0.1, -0.05) is 13.3 Å². The average molecular weight is 242 g/mol. The van der Waals surface area contributed by atoms with Crippen LogP contribution in [0.3, 0.4) is 0 Å². The van der Waals surface area contributed by atoms with Crippen molar-refractivity contribution in [1.82, 2.24) is 10.2 Å². The zero-order valence-corrected chi connectivity index (χ0v) is 10.7. The van der Waals surface area contributed by atoms with Crippen LogP contribution in [0.15, 0.2) is 0 Å². The van der Waals surface area contributed by atoms with Gasteiger partial charge >= 0.3 is 0 Å². The maximum Gasteiger partial charge on any atom is 0.240 e. The number of carbonyl (C=O) groups excluding carboxylic acids is 1. The van der Waals surface area contributed by atoms with Crippen LogP contribution in [0.1, 0.15) is 26.2 Å². The van der Waals surface area contributed by atoms with Gasteiger partial charge in [0, 0.05) is 20.1 Å². The molecule has 2 aliphatic rings. The van der Waals surface area contributed by atoms with Gasteiger partial charge in [-0.05, 0) is 6.42 Å². The summed E-state index contributed by atoms with van der Waals surface area (Å²) in [6.07, 6.45) is 2.80. The number of methoxy groups -OCH3 is 1. The highest BCUT2D eigenvalue weighted by atomic mass is 16.5. The Labute approximate surface area is 102 Å². The Kier molecular flexibility index (Phi) is 4.01. The van der Waals surface area contributed by atoms with Crippen molar-refractivity contribution in [2.75, 3.05) is 33.5 Å². The molecule has 1 N–H and O–H groups in total. The number of amides is 1. The molecule has 17 heavy (non-hydrogen) atoms. The molecule has 2 saturated heterocycles. The summed E-state index contributed by atoms with van der Waals surface area (Å²) >= 11 is 0. The molecule has 0 radical (unpaired) electrons. The summed E-state index contributed by atoms with van der Waals surface area (Å²) in [5.74, 6) is 0.204. The molecule has 0 aromatic carbocycles. The molecule has 2 aliphatic heterocycles. The van der Waals surface area contributed by atoms with Crippen LogP contribution in [-0.4, -0.2) is 56.0 Å². The first-order valence-electron chi connectivity index (χ1n) is 6.36. The quantitative estimate of drug-likeness (QED) is 0.756. The van der Waals surface area contributed by atoms with Crippen molar-refractivity contribution in [1.29, 1.82) is 0 Å². The highest BCUT2D eigenvalue weighted by Crippen LogP contribution is 2.25. The van der Waals surface area contributed by atoms with E-state index in [1.807, 2.05) is 4.90 Å². The lowest BCUT2D eigenvalue weighted by molar-refractivity contribution is -0.133. The maximum atomic E-state index is 12.1. The molecule has 0 saturated carbocycles. The van der Waals surface area contributed by atoms with Gasteiger partial charge in [-0.25, -0.2) is 0 Å². The second-order valence-corrected chi connectivity index (χ2v) is 4.93. The van der Waals surface area contributed by atoms with Gasteiger partial charge in [0.2, 0.25) is 5.91 Å². The minimum absolute atomic E-state index is 0.00349. The standard InChI is InChI=1S/C12H22N2O3/c1-3-4-10-11(15)14(9-13-10)7-12(16-2)5-6-17-8-12/h10,13H,3-9H2,1-2H3. The van der Waals surface area contributed by atoms with Gasteiger partial charge in [-0.15, -0.1) is 0 Å². The molecule has 5 nitrogen and oxygen atoms in total. The fourth-order valence-corrected chi connectivity index (χ4v) is 2.54. The molecule has 2 atom stereocenters. The largest absolute Gasteiger partial charge is 0.378 e. The normalized spacial score (nSPS) is 33.6. The van der Waals surface area contributed by atoms with Crippen molar-refractivity contribution >= 4 is 5.91 Å². The van der Waals surface area contributed by atoms with Crippen molar-refractivity contribution in [3.63, 3.8) is 0 Å². The summed E-state index contributed by atoms with van der Waals surface area (Å²) in [4.78, 5) is 14.0. The molecule has 2 rings (SSSR count). The zero-order valence-electron chi connectivity index (χ0n) is 10.7. The van der Waals surface area contributed by atoms with E-state index < -0.39 is 0 Å². The van der Waals surface area contributed by atoms with Gasteiger partial charge in [0.1, 0.15) is 5.60 Å². The molecule has 0 spiro atoms. The third-order valence-corrected chi connectivity index (χ3v) is 3.69. The Hall–Kier alpha value is -0.650. The molecule has 2 unspecified atom stereocenters. The molecular formula is C12H22N2O3. The number of hydrogen-bond acceptors (Lipinski definition) is 4. The van der Waals surface area contributed by atoms with E-state index in [-0.39, 0.29) is 17.6 Å². The summed E-state index contributed by atoms with van der Waals surface area (Å²) < 4.78 is 10.9. The summed E-state index contributed by atoms with van der Waals surface area (Å²) in [6, 6.07) is -0.00349. The van der Waals surface area contributed by atoms with Crippen molar-refractivity contribution in [3.05, 3.63) is 0 Å². The highest BCUT2D eigenvalue weighted by molar-refractivity contribution is 5.83. The number of carbonyl (C=O) groups is 1. The second kappa shape index (κ2) is 5.33. The molecular weight excluding hydrogens is 220 g/mol. The Morgan fingerprint density at radius 3 is 3.06 bits per heavy atom. The van der Waals surface area contributed by atoms with Crippen LogP contribution in [0.25, 0.3) is 0 Å². The summed E-state index contributed by atoms with van der Waals surface area (Å²) in [7, 11) is 1.70. The minimum Gasteiger partial charge on any atom is -0.378 e. The van der Waals surface area contributed by atoms with E-state index >= 15 is 0 Å².